The minimum Gasteiger partial charge on any atom is -0.493 e. The first-order chi connectivity index (χ1) is 13.6. The van der Waals surface area contributed by atoms with E-state index in [2.05, 4.69) is 20.6 Å². The summed E-state index contributed by atoms with van der Waals surface area (Å²) in [5, 5.41) is 6.55. The predicted octanol–water partition coefficient (Wildman–Crippen LogP) is 2.72. The molecule has 0 radical (unpaired) electrons. The average molecular weight is 383 g/mol. The molecule has 0 saturated carbocycles. The Morgan fingerprint density at radius 2 is 2.14 bits per heavy atom. The van der Waals surface area contributed by atoms with E-state index in [0.717, 1.165) is 36.6 Å². The third kappa shape index (κ3) is 3.87. The van der Waals surface area contributed by atoms with Crippen molar-refractivity contribution in [3.05, 3.63) is 41.6 Å². The minimum atomic E-state index is -0.374. The topological polar surface area (TPSA) is 88.6 Å². The fraction of sp³-hybridized carbons (Fsp3) is 0.450. The van der Waals surface area contributed by atoms with Crippen LogP contribution in [-0.4, -0.2) is 42.3 Å². The van der Waals surface area contributed by atoms with E-state index in [0.29, 0.717) is 24.2 Å². The van der Waals surface area contributed by atoms with Crippen molar-refractivity contribution in [2.24, 2.45) is 5.92 Å². The molecule has 28 heavy (non-hydrogen) atoms. The molecule has 1 aromatic heterocycles. The van der Waals surface area contributed by atoms with Gasteiger partial charge in [-0.15, -0.1) is 0 Å². The van der Waals surface area contributed by atoms with E-state index in [1.54, 1.807) is 6.20 Å². The molecule has 8 heteroatoms. The van der Waals surface area contributed by atoms with Crippen molar-refractivity contribution in [1.29, 1.82) is 0 Å². The zero-order valence-electron chi connectivity index (χ0n) is 16.1. The highest BCUT2D eigenvalue weighted by Gasteiger charge is 2.26. The van der Waals surface area contributed by atoms with Gasteiger partial charge in [0.2, 0.25) is 5.95 Å². The Morgan fingerprint density at radius 1 is 1.36 bits per heavy atom. The molecule has 2 N–H and O–H groups in total. The summed E-state index contributed by atoms with van der Waals surface area (Å²) in [7, 11) is 0. The molecule has 0 aliphatic carbocycles. The van der Waals surface area contributed by atoms with Gasteiger partial charge in [-0.1, -0.05) is 12.1 Å². The van der Waals surface area contributed by atoms with Crippen LogP contribution in [0.4, 0.5) is 16.6 Å². The second-order valence-corrected chi connectivity index (χ2v) is 7.11. The Kier molecular flexibility index (Phi) is 5.29. The van der Waals surface area contributed by atoms with Crippen molar-refractivity contribution in [3.63, 3.8) is 0 Å². The van der Waals surface area contributed by atoms with E-state index in [9.17, 15) is 4.79 Å². The van der Waals surface area contributed by atoms with Crippen LogP contribution in [0, 0.1) is 5.92 Å². The van der Waals surface area contributed by atoms with Crippen molar-refractivity contribution in [3.8, 4) is 5.75 Å². The van der Waals surface area contributed by atoms with E-state index < -0.39 is 0 Å². The maximum Gasteiger partial charge on any atom is 0.415 e. The number of aromatic nitrogens is 2. The summed E-state index contributed by atoms with van der Waals surface area (Å²) >= 11 is 0. The fourth-order valence-corrected chi connectivity index (χ4v) is 3.20. The van der Waals surface area contributed by atoms with Crippen molar-refractivity contribution in [2.75, 3.05) is 36.5 Å². The van der Waals surface area contributed by atoms with Gasteiger partial charge in [0, 0.05) is 31.7 Å². The van der Waals surface area contributed by atoms with E-state index in [1.165, 1.54) is 4.90 Å². The van der Waals surface area contributed by atoms with Crippen molar-refractivity contribution >= 4 is 17.9 Å². The van der Waals surface area contributed by atoms with Crippen LogP contribution in [0.15, 0.2) is 30.5 Å². The van der Waals surface area contributed by atoms with Gasteiger partial charge in [0.25, 0.3) is 0 Å². The summed E-state index contributed by atoms with van der Waals surface area (Å²) in [6.45, 7) is 7.46. The molecular weight excluding hydrogens is 358 g/mol. The summed E-state index contributed by atoms with van der Waals surface area (Å²) in [4.78, 5) is 22.3. The molecule has 1 atom stereocenters. The summed E-state index contributed by atoms with van der Waals surface area (Å²) in [5.74, 6) is 2.58. The number of fused-ring (bicyclic) bond motifs is 1. The number of hydrogen-bond donors (Lipinski definition) is 2. The van der Waals surface area contributed by atoms with Crippen LogP contribution in [-0.2, 0) is 11.3 Å². The molecule has 0 bridgehead atoms. The lowest BCUT2D eigenvalue weighted by Crippen LogP contribution is -2.45. The summed E-state index contributed by atoms with van der Waals surface area (Å²) in [6, 6.07) is 8.07. The van der Waals surface area contributed by atoms with Gasteiger partial charge in [-0.2, -0.15) is 4.98 Å². The van der Waals surface area contributed by atoms with Crippen molar-refractivity contribution < 1.29 is 14.3 Å². The molecule has 148 valence electrons. The number of cyclic esters (lactones) is 1. The Bertz CT molecular complexity index is 838. The summed E-state index contributed by atoms with van der Waals surface area (Å²) < 4.78 is 11.0. The monoisotopic (exact) mass is 383 g/mol. The fourth-order valence-electron chi connectivity index (χ4n) is 3.20. The predicted molar refractivity (Wildman–Crippen MR) is 106 cm³/mol. The number of anilines is 2. The molecule has 1 fully saturated rings. The molecule has 0 unspecified atom stereocenters. The number of amides is 1. The highest BCUT2D eigenvalue weighted by Crippen LogP contribution is 2.27. The number of nitrogens with one attached hydrogen (secondary N) is 2. The van der Waals surface area contributed by atoms with E-state index in [1.807, 2.05) is 38.1 Å². The van der Waals surface area contributed by atoms with Gasteiger partial charge in [-0.05, 0) is 31.5 Å². The van der Waals surface area contributed by atoms with Gasteiger partial charge >= 0.3 is 6.09 Å². The van der Waals surface area contributed by atoms with E-state index in [-0.39, 0.29) is 18.7 Å². The molecule has 2 aliphatic rings. The minimum absolute atomic E-state index is 0.00792. The smallest absolute Gasteiger partial charge is 0.415 e. The van der Waals surface area contributed by atoms with Crippen LogP contribution in [0.3, 0.4) is 0 Å². The standard InChI is InChI=1S/C20H25N5O3/c1-3-25-18-16(12-28-20(25)26)10-22-19(24-18)23-13(2)15-4-6-17(7-5-15)27-11-14-8-21-9-14/h4-7,10,13-14,21H,3,8-9,11-12H2,1-2H3,(H,22,23,24)/t13-/m0/s1. The summed E-state index contributed by atoms with van der Waals surface area (Å²) in [6.07, 6.45) is 1.33. The number of benzene rings is 1. The third-order valence-electron chi connectivity index (χ3n) is 5.06. The summed E-state index contributed by atoms with van der Waals surface area (Å²) in [5.41, 5.74) is 1.91. The van der Waals surface area contributed by atoms with Gasteiger partial charge in [-0.25, -0.2) is 9.78 Å². The highest BCUT2D eigenvalue weighted by atomic mass is 16.6. The van der Waals surface area contributed by atoms with Crippen molar-refractivity contribution in [2.45, 2.75) is 26.5 Å². The number of ether oxygens (including phenoxy) is 2. The lowest BCUT2D eigenvalue weighted by Gasteiger charge is -2.27. The van der Waals surface area contributed by atoms with Crippen LogP contribution in [0.5, 0.6) is 5.75 Å². The molecule has 2 aliphatic heterocycles. The van der Waals surface area contributed by atoms with Crippen LogP contribution in [0.2, 0.25) is 0 Å². The van der Waals surface area contributed by atoms with Crippen LogP contribution in [0.1, 0.15) is 31.0 Å². The number of carbonyl (C=O) groups is 1. The van der Waals surface area contributed by atoms with Gasteiger partial charge in [0.05, 0.1) is 18.2 Å². The number of nitrogens with zero attached hydrogens (tertiary/aromatic N) is 3. The number of carbonyl (C=O) groups excluding carboxylic acids is 1. The molecule has 0 spiro atoms. The zero-order chi connectivity index (χ0) is 19.5. The number of hydrogen-bond acceptors (Lipinski definition) is 7. The van der Waals surface area contributed by atoms with Gasteiger partial charge in [-0.3, -0.25) is 4.90 Å². The maximum atomic E-state index is 11.9. The molecular formula is C20H25N5O3. The van der Waals surface area contributed by atoms with E-state index in [4.69, 9.17) is 9.47 Å². The molecule has 1 aromatic carbocycles. The Balaban J connectivity index is 1.41. The van der Waals surface area contributed by atoms with Crippen molar-refractivity contribution in [1.82, 2.24) is 15.3 Å². The van der Waals surface area contributed by atoms with Gasteiger partial charge in [0.1, 0.15) is 18.2 Å². The molecule has 2 aromatic rings. The van der Waals surface area contributed by atoms with Gasteiger partial charge in [0.15, 0.2) is 0 Å². The van der Waals surface area contributed by atoms with Gasteiger partial charge < -0.3 is 20.1 Å². The zero-order valence-corrected chi connectivity index (χ0v) is 16.1. The quantitative estimate of drug-likeness (QED) is 0.760. The average Bonchev–Trinajstić information content (AvgIpc) is 2.67. The Labute approximate surface area is 164 Å². The normalized spacial score (nSPS) is 17.4. The Morgan fingerprint density at radius 3 is 2.82 bits per heavy atom. The largest absolute Gasteiger partial charge is 0.493 e. The molecule has 4 rings (SSSR count). The second kappa shape index (κ2) is 8.02. The number of rotatable bonds is 7. The first-order valence-electron chi connectivity index (χ1n) is 9.64. The van der Waals surface area contributed by atoms with Crippen LogP contribution >= 0.6 is 0 Å². The first kappa shape index (κ1) is 18.5. The van der Waals surface area contributed by atoms with Crippen LogP contribution in [0.25, 0.3) is 0 Å². The van der Waals surface area contributed by atoms with Crippen LogP contribution < -0.4 is 20.3 Å². The second-order valence-electron chi connectivity index (χ2n) is 7.11. The first-order valence-corrected chi connectivity index (χ1v) is 9.64. The van der Waals surface area contributed by atoms with E-state index >= 15 is 0 Å². The maximum absolute atomic E-state index is 11.9. The molecule has 3 heterocycles. The Hall–Kier alpha value is -2.87. The highest BCUT2D eigenvalue weighted by molar-refractivity contribution is 5.89. The lowest BCUT2D eigenvalue weighted by molar-refractivity contribution is 0.141. The lowest BCUT2D eigenvalue weighted by atomic mass is 10.1. The molecule has 1 saturated heterocycles. The molecule has 1 amide bonds. The SMILES string of the molecule is CCN1C(=O)OCc2cnc(N[C@@H](C)c3ccc(OCC4CNC4)cc3)nc21. The third-order valence-corrected chi connectivity index (χ3v) is 5.06. The molecule has 8 nitrogen and oxygen atoms in total.